The first kappa shape index (κ1) is 18.2. The average molecular weight is 374 g/mol. The number of nitrogens with two attached hydrogens (primary N) is 1. The number of nitrogen functional groups attached to an aromatic ring is 1. The van der Waals surface area contributed by atoms with Crippen LogP contribution in [0, 0.1) is 5.82 Å². The predicted octanol–water partition coefficient (Wildman–Crippen LogP) is 3.82. The molecule has 2 N–H and O–H groups in total. The number of aromatic nitrogens is 2. The third-order valence-corrected chi connectivity index (χ3v) is 3.77. The number of ether oxygens (including phenoxy) is 2. The zero-order valence-corrected chi connectivity index (χ0v) is 14.4. The Balaban J connectivity index is 2.32. The highest BCUT2D eigenvalue weighted by atomic mass is 35.5. The van der Waals surface area contributed by atoms with E-state index in [2.05, 4.69) is 10.2 Å². The van der Waals surface area contributed by atoms with E-state index >= 15 is 0 Å². The van der Waals surface area contributed by atoms with Crippen LogP contribution in [0.25, 0.3) is 0 Å². The maximum Gasteiger partial charge on any atom is 0.358 e. The van der Waals surface area contributed by atoms with E-state index in [1.165, 1.54) is 12.1 Å². The highest BCUT2D eigenvalue weighted by molar-refractivity contribution is 6.36. The molecule has 0 fully saturated rings. The van der Waals surface area contributed by atoms with Gasteiger partial charge in [0.2, 0.25) is 0 Å². The fraction of sp³-hybridized carbons (Fsp3) is 0.267. The number of rotatable bonds is 5. The van der Waals surface area contributed by atoms with Crippen LogP contribution in [-0.2, 0) is 4.74 Å². The van der Waals surface area contributed by atoms with Crippen LogP contribution in [0.1, 0.15) is 36.0 Å². The SMILES string of the molecule is CCOC(=O)c1cc(OC(C)c2c(Cl)ccc(F)c2Cl)c(N)nn1. The van der Waals surface area contributed by atoms with Crippen molar-refractivity contribution in [1.82, 2.24) is 10.2 Å². The smallest absolute Gasteiger partial charge is 0.358 e. The summed E-state index contributed by atoms with van der Waals surface area (Å²) < 4.78 is 24.1. The van der Waals surface area contributed by atoms with E-state index in [1.54, 1.807) is 13.8 Å². The second kappa shape index (κ2) is 7.63. The predicted molar refractivity (Wildman–Crippen MR) is 87.9 cm³/mol. The van der Waals surface area contributed by atoms with Crippen LogP contribution in [0.5, 0.6) is 5.75 Å². The van der Waals surface area contributed by atoms with Crippen molar-refractivity contribution in [1.29, 1.82) is 0 Å². The zero-order chi connectivity index (χ0) is 17.9. The van der Waals surface area contributed by atoms with Crippen LogP contribution in [0.15, 0.2) is 18.2 Å². The fourth-order valence-electron chi connectivity index (χ4n) is 1.95. The van der Waals surface area contributed by atoms with Gasteiger partial charge in [0, 0.05) is 16.7 Å². The normalized spacial score (nSPS) is 11.9. The van der Waals surface area contributed by atoms with Crippen LogP contribution >= 0.6 is 23.2 Å². The molecule has 2 rings (SSSR count). The van der Waals surface area contributed by atoms with Gasteiger partial charge in [-0.1, -0.05) is 23.2 Å². The number of carbonyl (C=O) groups is 1. The summed E-state index contributed by atoms with van der Waals surface area (Å²) in [5.74, 6) is -1.25. The maximum atomic E-state index is 13.6. The Morgan fingerprint density at radius 3 is 2.75 bits per heavy atom. The van der Waals surface area contributed by atoms with Crippen LogP contribution in [-0.4, -0.2) is 22.8 Å². The molecule has 1 atom stereocenters. The monoisotopic (exact) mass is 373 g/mol. The third kappa shape index (κ3) is 3.85. The zero-order valence-electron chi connectivity index (χ0n) is 12.8. The summed E-state index contributed by atoms with van der Waals surface area (Å²) in [6.45, 7) is 3.46. The van der Waals surface area contributed by atoms with E-state index < -0.39 is 17.9 Å². The van der Waals surface area contributed by atoms with Crippen LogP contribution in [0.4, 0.5) is 10.2 Å². The van der Waals surface area contributed by atoms with Gasteiger partial charge in [-0.25, -0.2) is 9.18 Å². The third-order valence-electron chi connectivity index (χ3n) is 3.06. The van der Waals surface area contributed by atoms with Crippen molar-refractivity contribution in [3.63, 3.8) is 0 Å². The average Bonchev–Trinajstić information content (AvgIpc) is 2.53. The van der Waals surface area contributed by atoms with Gasteiger partial charge in [0.25, 0.3) is 0 Å². The molecular formula is C15H14Cl2FN3O3. The van der Waals surface area contributed by atoms with Gasteiger partial charge < -0.3 is 15.2 Å². The van der Waals surface area contributed by atoms with Crippen molar-refractivity contribution in [2.45, 2.75) is 20.0 Å². The summed E-state index contributed by atoms with van der Waals surface area (Å²) in [6, 6.07) is 3.82. The van der Waals surface area contributed by atoms with Gasteiger partial charge in [-0.15, -0.1) is 10.2 Å². The molecule has 0 amide bonds. The number of halogens is 3. The van der Waals surface area contributed by atoms with E-state index in [-0.39, 0.29) is 39.5 Å². The van der Waals surface area contributed by atoms with Crippen LogP contribution < -0.4 is 10.5 Å². The molecule has 0 bridgehead atoms. The first-order valence-electron chi connectivity index (χ1n) is 6.95. The Morgan fingerprint density at radius 2 is 2.08 bits per heavy atom. The van der Waals surface area contributed by atoms with Gasteiger partial charge in [0.15, 0.2) is 17.3 Å². The fourth-order valence-corrected chi connectivity index (χ4v) is 2.63. The molecule has 0 saturated heterocycles. The molecule has 1 aromatic carbocycles. The number of hydrogen-bond acceptors (Lipinski definition) is 6. The molecule has 128 valence electrons. The van der Waals surface area contributed by atoms with Crippen molar-refractivity contribution < 1.29 is 18.7 Å². The standard InChI is InChI=1S/C15H14Cl2FN3O3/c1-3-23-15(22)10-6-11(14(19)21-20-10)24-7(2)12-8(16)4-5-9(18)13(12)17/h4-7H,3H2,1-2H3,(H2,19,21). The lowest BCUT2D eigenvalue weighted by Gasteiger charge is -2.18. The number of hydrogen-bond donors (Lipinski definition) is 1. The molecule has 9 heteroatoms. The summed E-state index contributed by atoms with van der Waals surface area (Å²) in [5.41, 5.74) is 5.90. The van der Waals surface area contributed by atoms with Gasteiger partial charge in [-0.2, -0.15) is 0 Å². The Hall–Kier alpha value is -2.12. The molecule has 0 aliphatic heterocycles. The molecule has 24 heavy (non-hydrogen) atoms. The van der Waals surface area contributed by atoms with Gasteiger partial charge in [-0.05, 0) is 26.0 Å². The van der Waals surface area contributed by atoms with E-state index in [0.717, 1.165) is 6.07 Å². The summed E-state index contributed by atoms with van der Waals surface area (Å²) >= 11 is 12.0. The first-order valence-corrected chi connectivity index (χ1v) is 7.71. The van der Waals surface area contributed by atoms with Crippen molar-refractivity contribution in [2.24, 2.45) is 0 Å². The lowest BCUT2D eigenvalue weighted by Crippen LogP contribution is -2.12. The summed E-state index contributed by atoms with van der Waals surface area (Å²) in [4.78, 5) is 11.7. The molecule has 1 aromatic heterocycles. The number of carbonyl (C=O) groups excluding carboxylic acids is 1. The van der Waals surface area contributed by atoms with Crippen molar-refractivity contribution >= 4 is 35.0 Å². The topological polar surface area (TPSA) is 87.3 Å². The van der Waals surface area contributed by atoms with Crippen molar-refractivity contribution in [2.75, 3.05) is 12.3 Å². The minimum atomic E-state index is -0.748. The molecular weight excluding hydrogens is 360 g/mol. The number of benzene rings is 1. The van der Waals surface area contributed by atoms with E-state index in [1.807, 2.05) is 0 Å². The molecule has 6 nitrogen and oxygen atoms in total. The minimum Gasteiger partial charge on any atom is -0.482 e. The van der Waals surface area contributed by atoms with Crippen LogP contribution in [0.3, 0.4) is 0 Å². The van der Waals surface area contributed by atoms with Crippen molar-refractivity contribution in [3.05, 3.63) is 45.3 Å². The lowest BCUT2D eigenvalue weighted by atomic mass is 10.1. The second-order valence-corrected chi connectivity index (χ2v) is 5.50. The molecule has 0 radical (unpaired) electrons. The van der Waals surface area contributed by atoms with Crippen LogP contribution in [0.2, 0.25) is 10.0 Å². The van der Waals surface area contributed by atoms with Gasteiger partial charge >= 0.3 is 5.97 Å². The number of nitrogens with zero attached hydrogens (tertiary/aromatic N) is 2. The summed E-state index contributed by atoms with van der Waals surface area (Å²) in [7, 11) is 0. The Kier molecular flexibility index (Phi) is 5.80. The van der Waals surface area contributed by atoms with E-state index in [0.29, 0.717) is 0 Å². The molecule has 2 aromatic rings. The molecule has 0 saturated carbocycles. The quantitative estimate of drug-likeness (QED) is 0.632. The highest BCUT2D eigenvalue weighted by Gasteiger charge is 2.21. The maximum absolute atomic E-state index is 13.6. The molecule has 0 spiro atoms. The summed E-state index contributed by atoms with van der Waals surface area (Å²) in [6.07, 6.45) is -0.748. The van der Waals surface area contributed by atoms with Gasteiger partial charge in [0.05, 0.1) is 11.6 Å². The molecule has 1 heterocycles. The van der Waals surface area contributed by atoms with Crippen molar-refractivity contribution in [3.8, 4) is 5.75 Å². The Labute approximate surface area is 147 Å². The molecule has 1 unspecified atom stereocenters. The van der Waals surface area contributed by atoms with Gasteiger partial charge in [-0.3, -0.25) is 0 Å². The Bertz CT molecular complexity index is 774. The summed E-state index contributed by atoms with van der Waals surface area (Å²) in [5, 5.41) is 7.38. The number of esters is 1. The molecule has 0 aliphatic carbocycles. The number of anilines is 1. The van der Waals surface area contributed by atoms with E-state index in [4.69, 9.17) is 38.4 Å². The lowest BCUT2D eigenvalue weighted by molar-refractivity contribution is 0.0517. The second-order valence-electron chi connectivity index (χ2n) is 4.72. The Morgan fingerprint density at radius 1 is 1.38 bits per heavy atom. The minimum absolute atomic E-state index is 0.0430. The molecule has 0 aliphatic rings. The van der Waals surface area contributed by atoms with E-state index in [9.17, 15) is 9.18 Å². The van der Waals surface area contributed by atoms with Gasteiger partial charge in [0.1, 0.15) is 11.9 Å². The first-order chi connectivity index (χ1) is 11.3. The largest absolute Gasteiger partial charge is 0.482 e. The highest BCUT2D eigenvalue weighted by Crippen LogP contribution is 2.35.